The molecule has 30 heavy (non-hydrogen) atoms. The third kappa shape index (κ3) is 4.66. The summed E-state index contributed by atoms with van der Waals surface area (Å²) in [5.41, 5.74) is 2.70. The molecule has 3 aromatic rings. The second-order valence-electron chi connectivity index (χ2n) is 7.09. The zero-order valence-corrected chi connectivity index (χ0v) is 18.6. The second kappa shape index (κ2) is 8.90. The first-order valence-electron chi connectivity index (χ1n) is 9.34. The van der Waals surface area contributed by atoms with Crippen molar-refractivity contribution in [3.8, 4) is 0 Å². The maximum Gasteiger partial charge on any atom is 0.264 e. The van der Waals surface area contributed by atoms with Gasteiger partial charge in [-0.1, -0.05) is 53.6 Å². The van der Waals surface area contributed by atoms with Gasteiger partial charge in [0.1, 0.15) is 0 Å². The van der Waals surface area contributed by atoms with E-state index in [2.05, 4.69) is 0 Å². The fourth-order valence-electron chi connectivity index (χ4n) is 3.02. The summed E-state index contributed by atoms with van der Waals surface area (Å²) >= 11 is 6.18. The Bertz CT molecular complexity index is 1160. The van der Waals surface area contributed by atoms with Crippen molar-refractivity contribution < 1.29 is 13.2 Å². The van der Waals surface area contributed by atoms with Crippen LogP contribution in [0.5, 0.6) is 0 Å². The number of carbonyl (C=O) groups excluding carboxylic acids is 1. The van der Waals surface area contributed by atoms with Crippen LogP contribution in [0.4, 0.5) is 5.69 Å². The number of anilines is 1. The van der Waals surface area contributed by atoms with Gasteiger partial charge in [0.2, 0.25) is 0 Å². The number of aryl methyl sites for hydroxylation is 1. The molecule has 7 heteroatoms. The summed E-state index contributed by atoms with van der Waals surface area (Å²) in [6.07, 6.45) is 0. The lowest BCUT2D eigenvalue weighted by atomic mass is 10.1. The highest BCUT2D eigenvalue weighted by molar-refractivity contribution is 7.92. The first-order valence-corrected chi connectivity index (χ1v) is 11.2. The van der Waals surface area contributed by atoms with Gasteiger partial charge in [-0.15, -0.1) is 0 Å². The van der Waals surface area contributed by atoms with Gasteiger partial charge in [-0.25, -0.2) is 8.42 Å². The number of hydrogen-bond donors (Lipinski definition) is 0. The summed E-state index contributed by atoms with van der Waals surface area (Å²) in [5, 5.41) is 0.577. The van der Waals surface area contributed by atoms with Crippen LogP contribution in [0.25, 0.3) is 0 Å². The number of nitrogens with zero attached hydrogens (tertiary/aromatic N) is 2. The molecule has 0 aliphatic carbocycles. The molecule has 0 saturated carbocycles. The molecule has 0 heterocycles. The average Bonchev–Trinajstić information content (AvgIpc) is 2.75. The minimum atomic E-state index is -3.81. The van der Waals surface area contributed by atoms with Crippen molar-refractivity contribution >= 4 is 33.2 Å². The van der Waals surface area contributed by atoms with Crippen LogP contribution in [0.1, 0.15) is 21.5 Å². The van der Waals surface area contributed by atoms with E-state index >= 15 is 0 Å². The summed E-state index contributed by atoms with van der Waals surface area (Å²) in [6.45, 7) is 2.26. The van der Waals surface area contributed by atoms with Gasteiger partial charge in [0, 0.05) is 31.2 Å². The van der Waals surface area contributed by atoms with Crippen LogP contribution in [0.3, 0.4) is 0 Å². The average molecular weight is 443 g/mol. The molecule has 0 fully saturated rings. The van der Waals surface area contributed by atoms with Crippen molar-refractivity contribution in [2.75, 3.05) is 18.4 Å². The van der Waals surface area contributed by atoms with Crippen molar-refractivity contribution in [3.05, 3.63) is 94.5 Å². The lowest BCUT2D eigenvalue weighted by Gasteiger charge is -2.21. The van der Waals surface area contributed by atoms with E-state index in [9.17, 15) is 13.2 Å². The van der Waals surface area contributed by atoms with Gasteiger partial charge in [-0.2, -0.15) is 0 Å². The van der Waals surface area contributed by atoms with E-state index in [0.717, 1.165) is 11.1 Å². The minimum Gasteiger partial charge on any atom is -0.337 e. The third-order valence-corrected chi connectivity index (χ3v) is 7.00. The van der Waals surface area contributed by atoms with Gasteiger partial charge in [-0.05, 0) is 48.9 Å². The van der Waals surface area contributed by atoms with Crippen molar-refractivity contribution in [1.29, 1.82) is 0 Å². The summed E-state index contributed by atoms with van der Waals surface area (Å²) in [7, 11) is -0.655. The van der Waals surface area contributed by atoms with E-state index in [1.807, 2.05) is 37.3 Å². The van der Waals surface area contributed by atoms with Crippen LogP contribution in [-0.2, 0) is 16.6 Å². The number of benzene rings is 3. The largest absolute Gasteiger partial charge is 0.337 e. The molecule has 156 valence electrons. The first kappa shape index (κ1) is 21.9. The molecule has 0 atom stereocenters. The quantitative estimate of drug-likeness (QED) is 0.553. The Morgan fingerprint density at radius 1 is 0.933 bits per heavy atom. The van der Waals surface area contributed by atoms with E-state index in [1.54, 1.807) is 37.4 Å². The van der Waals surface area contributed by atoms with Crippen LogP contribution in [-0.4, -0.2) is 33.3 Å². The highest BCUT2D eigenvalue weighted by Crippen LogP contribution is 2.24. The fourth-order valence-corrected chi connectivity index (χ4v) is 4.45. The number of amides is 1. The van der Waals surface area contributed by atoms with Crippen LogP contribution in [0.15, 0.2) is 77.7 Å². The number of carbonyl (C=O) groups is 1. The summed E-state index contributed by atoms with van der Waals surface area (Å²) in [5.74, 6) is -0.287. The van der Waals surface area contributed by atoms with Crippen molar-refractivity contribution in [2.24, 2.45) is 0 Å². The van der Waals surface area contributed by atoms with Gasteiger partial charge in [0.25, 0.3) is 15.9 Å². The van der Waals surface area contributed by atoms with E-state index in [-0.39, 0.29) is 10.8 Å². The standard InChI is InChI=1S/C23H23ClN2O3S/c1-17-11-13-20(14-12-17)26(3)30(28,29)21-9-6-8-18(15-21)23(27)25(2)16-19-7-4-5-10-22(19)24/h4-15H,16H2,1-3H3. The van der Waals surface area contributed by atoms with Crippen molar-refractivity contribution in [3.63, 3.8) is 0 Å². The molecule has 0 saturated heterocycles. The lowest BCUT2D eigenvalue weighted by molar-refractivity contribution is 0.0785. The maximum absolute atomic E-state index is 13.1. The summed E-state index contributed by atoms with van der Waals surface area (Å²) in [4.78, 5) is 14.5. The Balaban J connectivity index is 1.85. The van der Waals surface area contributed by atoms with E-state index in [4.69, 9.17) is 11.6 Å². The molecule has 0 spiro atoms. The Morgan fingerprint density at radius 3 is 2.27 bits per heavy atom. The van der Waals surface area contributed by atoms with Crippen LogP contribution >= 0.6 is 11.6 Å². The van der Waals surface area contributed by atoms with E-state index in [0.29, 0.717) is 22.8 Å². The fraction of sp³-hybridized carbons (Fsp3) is 0.174. The first-order chi connectivity index (χ1) is 14.2. The second-order valence-corrected chi connectivity index (χ2v) is 9.46. The molecule has 0 radical (unpaired) electrons. The molecule has 0 unspecified atom stereocenters. The molecule has 0 aliphatic heterocycles. The molecule has 0 aliphatic rings. The normalized spacial score (nSPS) is 11.2. The van der Waals surface area contributed by atoms with Crippen molar-refractivity contribution in [1.82, 2.24) is 4.90 Å². The van der Waals surface area contributed by atoms with Gasteiger partial charge in [0.05, 0.1) is 10.6 Å². The SMILES string of the molecule is Cc1ccc(N(C)S(=O)(=O)c2cccc(C(=O)N(C)Cc3ccccc3Cl)c2)cc1. The van der Waals surface area contributed by atoms with Crippen molar-refractivity contribution in [2.45, 2.75) is 18.4 Å². The number of sulfonamides is 1. The van der Waals surface area contributed by atoms with Crippen LogP contribution in [0, 0.1) is 6.92 Å². The Morgan fingerprint density at radius 2 is 1.60 bits per heavy atom. The summed E-state index contributed by atoms with van der Waals surface area (Å²) in [6, 6.07) is 20.6. The zero-order chi connectivity index (χ0) is 21.9. The van der Waals surface area contributed by atoms with Gasteiger partial charge < -0.3 is 4.90 Å². The van der Waals surface area contributed by atoms with Gasteiger partial charge in [-0.3, -0.25) is 9.10 Å². The number of hydrogen-bond acceptors (Lipinski definition) is 3. The molecule has 5 nitrogen and oxygen atoms in total. The molecular weight excluding hydrogens is 420 g/mol. The van der Waals surface area contributed by atoms with Crippen LogP contribution < -0.4 is 4.31 Å². The highest BCUT2D eigenvalue weighted by Gasteiger charge is 2.23. The van der Waals surface area contributed by atoms with Gasteiger partial charge >= 0.3 is 0 Å². The smallest absolute Gasteiger partial charge is 0.264 e. The number of halogens is 1. The molecule has 3 rings (SSSR count). The predicted molar refractivity (Wildman–Crippen MR) is 120 cm³/mol. The monoisotopic (exact) mass is 442 g/mol. The third-order valence-electron chi connectivity index (χ3n) is 4.85. The minimum absolute atomic E-state index is 0.0579. The van der Waals surface area contributed by atoms with E-state index in [1.165, 1.54) is 28.4 Å². The molecule has 1 amide bonds. The topological polar surface area (TPSA) is 57.7 Å². The Kier molecular flexibility index (Phi) is 6.48. The Labute approximate surface area is 182 Å². The summed E-state index contributed by atoms with van der Waals surface area (Å²) < 4.78 is 27.4. The Hall–Kier alpha value is -2.83. The highest BCUT2D eigenvalue weighted by atomic mass is 35.5. The van der Waals surface area contributed by atoms with E-state index < -0.39 is 10.0 Å². The van der Waals surface area contributed by atoms with Crippen LogP contribution in [0.2, 0.25) is 5.02 Å². The molecule has 0 bridgehead atoms. The maximum atomic E-state index is 13.1. The molecular formula is C23H23ClN2O3S. The molecule has 0 aromatic heterocycles. The number of rotatable bonds is 6. The molecule has 3 aromatic carbocycles. The molecule has 0 N–H and O–H groups in total. The lowest BCUT2D eigenvalue weighted by Crippen LogP contribution is -2.28. The predicted octanol–water partition coefficient (Wildman–Crippen LogP) is 4.75. The zero-order valence-electron chi connectivity index (χ0n) is 17.0. The van der Waals surface area contributed by atoms with Gasteiger partial charge in [0.15, 0.2) is 0 Å².